The van der Waals surface area contributed by atoms with Gasteiger partial charge in [0.15, 0.2) is 5.82 Å². The zero-order chi connectivity index (χ0) is 9.97. The van der Waals surface area contributed by atoms with Gasteiger partial charge in [0, 0.05) is 13.2 Å². The zero-order valence-electron chi connectivity index (χ0n) is 7.71. The molecule has 0 aliphatic rings. The number of nitrogens with zero attached hydrogens (tertiary/aromatic N) is 3. The van der Waals surface area contributed by atoms with Crippen molar-refractivity contribution in [1.82, 2.24) is 14.5 Å². The largest absolute Gasteiger partial charge is 0.381 e. The van der Waals surface area contributed by atoms with Crippen LogP contribution in [0.2, 0.25) is 0 Å². The smallest absolute Gasteiger partial charge is 0.156 e. The molecule has 0 spiro atoms. The lowest BCUT2D eigenvalue weighted by Gasteiger charge is -2.01. The van der Waals surface area contributed by atoms with Gasteiger partial charge in [-0.2, -0.15) is 0 Å². The first-order valence-corrected chi connectivity index (χ1v) is 4.94. The van der Waals surface area contributed by atoms with Crippen LogP contribution in [0.5, 0.6) is 0 Å². The summed E-state index contributed by atoms with van der Waals surface area (Å²) in [5.74, 6) is 0.545. The van der Waals surface area contributed by atoms with E-state index in [0.29, 0.717) is 5.82 Å². The molecule has 4 nitrogen and oxygen atoms in total. The quantitative estimate of drug-likeness (QED) is 0.810. The number of pyridine rings is 1. The van der Waals surface area contributed by atoms with Crippen LogP contribution >= 0.6 is 11.8 Å². The summed E-state index contributed by atoms with van der Waals surface area (Å²) in [5.41, 5.74) is 5.71. The van der Waals surface area contributed by atoms with Gasteiger partial charge in [0.25, 0.3) is 0 Å². The molecule has 72 valence electrons. The number of nitrogens with two attached hydrogens (primary N) is 1. The van der Waals surface area contributed by atoms with Crippen molar-refractivity contribution < 1.29 is 0 Å². The van der Waals surface area contributed by atoms with Gasteiger partial charge in [0.1, 0.15) is 10.1 Å². The van der Waals surface area contributed by atoms with E-state index in [1.54, 1.807) is 12.5 Å². The second-order valence-corrected chi connectivity index (χ2v) is 3.83. The molecule has 0 saturated carbocycles. The topological polar surface area (TPSA) is 56.7 Å². The summed E-state index contributed by atoms with van der Waals surface area (Å²) in [6.07, 6.45) is 3.45. The molecule has 2 aromatic rings. The van der Waals surface area contributed by atoms with Crippen LogP contribution in [0.1, 0.15) is 0 Å². The lowest BCUT2D eigenvalue weighted by atomic mass is 10.5. The Morgan fingerprint density at radius 3 is 2.79 bits per heavy atom. The van der Waals surface area contributed by atoms with Crippen molar-refractivity contribution >= 4 is 17.6 Å². The molecule has 2 N–H and O–H groups in total. The summed E-state index contributed by atoms with van der Waals surface area (Å²) in [6.45, 7) is 0. The number of imidazole rings is 1. The number of aromatic nitrogens is 3. The monoisotopic (exact) mass is 206 g/mol. The first-order valence-electron chi connectivity index (χ1n) is 4.13. The third-order valence-corrected chi connectivity index (χ3v) is 2.89. The van der Waals surface area contributed by atoms with Gasteiger partial charge in [-0.3, -0.25) is 0 Å². The Morgan fingerprint density at radius 1 is 1.36 bits per heavy atom. The maximum absolute atomic E-state index is 5.71. The summed E-state index contributed by atoms with van der Waals surface area (Å²) < 4.78 is 1.88. The van der Waals surface area contributed by atoms with Gasteiger partial charge in [-0.25, -0.2) is 9.97 Å². The minimum Gasteiger partial charge on any atom is -0.381 e. The maximum atomic E-state index is 5.71. The number of anilines is 1. The summed E-state index contributed by atoms with van der Waals surface area (Å²) >= 11 is 1.51. The van der Waals surface area contributed by atoms with Crippen LogP contribution in [0.3, 0.4) is 0 Å². The highest BCUT2D eigenvalue weighted by Crippen LogP contribution is 2.28. The highest BCUT2D eigenvalue weighted by molar-refractivity contribution is 7.99. The average Bonchev–Trinajstić information content (AvgIpc) is 2.51. The van der Waals surface area contributed by atoms with Crippen molar-refractivity contribution in [2.24, 2.45) is 7.05 Å². The van der Waals surface area contributed by atoms with Crippen LogP contribution in [-0.2, 0) is 7.05 Å². The van der Waals surface area contributed by atoms with Crippen molar-refractivity contribution in [2.45, 2.75) is 10.1 Å². The van der Waals surface area contributed by atoms with Crippen LogP contribution in [-0.4, -0.2) is 14.5 Å². The molecular formula is C9H10N4S. The second-order valence-electron chi connectivity index (χ2n) is 2.82. The molecule has 0 aliphatic heterocycles. The third kappa shape index (κ3) is 1.72. The predicted octanol–water partition coefficient (Wildman–Crippen LogP) is 1.55. The standard InChI is InChI=1S/C9H10N4S/c1-13-6-12-8(10)9(13)14-7-4-2-3-5-11-7/h2-6H,10H2,1H3. The fourth-order valence-corrected chi connectivity index (χ4v) is 1.87. The summed E-state index contributed by atoms with van der Waals surface area (Å²) in [6, 6.07) is 5.77. The molecule has 0 bridgehead atoms. The fourth-order valence-electron chi connectivity index (χ4n) is 1.07. The molecule has 0 saturated heterocycles. The first kappa shape index (κ1) is 9.08. The molecule has 14 heavy (non-hydrogen) atoms. The van der Waals surface area contributed by atoms with E-state index >= 15 is 0 Å². The van der Waals surface area contributed by atoms with E-state index in [1.807, 2.05) is 29.8 Å². The van der Waals surface area contributed by atoms with Crippen molar-refractivity contribution in [1.29, 1.82) is 0 Å². The van der Waals surface area contributed by atoms with E-state index in [-0.39, 0.29) is 0 Å². The number of nitrogen functional groups attached to an aromatic ring is 1. The van der Waals surface area contributed by atoms with Crippen LogP contribution < -0.4 is 5.73 Å². The van der Waals surface area contributed by atoms with Gasteiger partial charge < -0.3 is 10.3 Å². The minimum absolute atomic E-state index is 0.545. The second kappa shape index (κ2) is 3.71. The number of hydrogen-bond acceptors (Lipinski definition) is 4. The molecule has 0 aromatic carbocycles. The van der Waals surface area contributed by atoms with Gasteiger partial charge in [-0.15, -0.1) is 0 Å². The van der Waals surface area contributed by atoms with Crippen LogP contribution in [0.25, 0.3) is 0 Å². The molecule has 2 heterocycles. The predicted molar refractivity (Wildman–Crippen MR) is 56.0 cm³/mol. The van der Waals surface area contributed by atoms with Crippen LogP contribution in [0.4, 0.5) is 5.82 Å². The van der Waals surface area contributed by atoms with Gasteiger partial charge in [0.05, 0.1) is 6.33 Å². The maximum Gasteiger partial charge on any atom is 0.156 e. The molecular weight excluding hydrogens is 196 g/mol. The van der Waals surface area contributed by atoms with Gasteiger partial charge in [-0.05, 0) is 23.9 Å². The SMILES string of the molecule is Cn1cnc(N)c1Sc1ccccn1. The summed E-state index contributed by atoms with van der Waals surface area (Å²) in [5, 5.41) is 1.84. The van der Waals surface area contributed by atoms with E-state index in [4.69, 9.17) is 5.73 Å². The Balaban J connectivity index is 2.27. The van der Waals surface area contributed by atoms with Crippen LogP contribution in [0, 0.1) is 0 Å². The molecule has 0 fully saturated rings. The minimum atomic E-state index is 0.545. The molecule has 0 atom stereocenters. The Bertz CT molecular complexity index is 404. The Morgan fingerprint density at radius 2 is 2.21 bits per heavy atom. The van der Waals surface area contributed by atoms with Crippen molar-refractivity contribution in [3.05, 3.63) is 30.7 Å². The Hall–Kier alpha value is -1.49. The Labute approximate surface area is 86.2 Å². The van der Waals surface area contributed by atoms with Gasteiger partial charge in [0.2, 0.25) is 0 Å². The molecule has 0 aliphatic carbocycles. The summed E-state index contributed by atoms with van der Waals surface area (Å²) in [4.78, 5) is 8.21. The molecule has 2 rings (SSSR count). The van der Waals surface area contributed by atoms with E-state index < -0.39 is 0 Å². The molecule has 2 aromatic heterocycles. The van der Waals surface area contributed by atoms with Gasteiger partial charge in [-0.1, -0.05) is 6.07 Å². The number of hydrogen-bond donors (Lipinski definition) is 1. The van der Waals surface area contributed by atoms with Gasteiger partial charge >= 0.3 is 0 Å². The van der Waals surface area contributed by atoms with E-state index in [2.05, 4.69) is 9.97 Å². The first-order chi connectivity index (χ1) is 6.77. The normalized spacial score (nSPS) is 10.4. The number of rotatable bonds is 2. The van der Waals surface area contributed by atoms with Crippen LogP contribution in [0.15, 0.2) is 40.8 Å². The molecule has 0 amide bonds. The van der Waals surface area contributed by atoms with E-state index in [9.17, 15) is 0 Å². The summed E-state index contributed by atoms with van der Waals surface area (Å²) in [7, 11) is 1.91. The highest BCUT2D eigenvalue weighted by Gasteiger charge is 2.07. The lowest BCUT2D eigenvalue weighted by Crippen LogP contribution is -1.92. The molecule has 0 unspecified atom stereocenters. The zero-order valence-corrected chi connectivity index (χ0v) is 8.53. The number of aryl methyl sites for hydroxylation is 1. The van der Waals surface area contributed by atoms with Crippen molar-refractivity contribution in [3.8, 4) is 0 Å². The van der Waals surface area contributed by atoms with Crippen molar-refractivity contribution in [3.63, 3.8) is 0 Å². The molecule has 5 heteroatoms. The lowest BCUT2D eigenvalue weighted by molar-refractivity contribution is 0.824. The fraction of sp³-hybridized carbons (Fsp3) is 0.111. The Kier molecular flexibility index (Phi) is 2.41. The van der Waals surface area contributed by atoms with Crippen molar-refractivity contribution in [2.75, 3.05) is 5.73 Å². The average molecular weight is 206 g/mol. The third-order valence-electron chi connectivity index (χ3n) is 1.75. The highest BCUT2D eigenvalue weighted by atomic mass is 32.2. The van der Waals surface area contributed by atoms with E-state index in [0.717, 1.165) is 10.1 Å². The molecule has 0 radical (unpaired) electrons. The van der Waals surface area contributed by atoms with E-state index in [1.165, 1.54) is 11.8 Å².